The maximum atomic E-state index is 13.0. The van der Waals surface area contributed by atoms with Crippen molar-refractivity contribution in [2.75, 3.05) is 6.61 Å². The van der Waals surface area contributed by atoms with E-state index in [1.165, 1.54) is 0 Å². The summed E-state index contributed by atoms with van der Waals surface area (Å²) >= 11 is 0. The summed E-state index contributed by atoms with van der Waals surface area (Å²) in [6.45, 7) is -0.205. The highest BCUT2D eigenvalue weighted by Crippen LogP contribution is 2.55. The molecule has 0 spiro atoms. The Morgan fingerprint density at radius 3 is 2.25 bits per heavy atom. The molecule has 3 aromatic carbocycles. The maximum absolute atomic E-state index is 13.0. The molecule has 2 bridgehead atoms. The summed E-state index contributed by atoms with van der Waals surface area (Å²) in [6, 6.07) is 23.2. The number of ether oxygens (including phenoxy) is 3. The van der Waals surface area contributed by atoms with Gasteiger partial charge in [-0.1, -0.05) is 24.3 Å². The van der Waals surface area contributed by atoms with Crippen LogP contribution in [-0.2, 0) is 19.1 Å². The Hall–Kier alpha value is -3.71. The van der Waals surface area contributed by atoms with E-state index in [0.29, 0.717) is 5.75 Å². The van der Waals surface area contributed by atoms with E-state index in [1.807, 2.05) is 72.8 Å². The molecule has 5 unspecified atom stereocenters. The number of hydrogen-bond acceptors (Lipinski definition) is 6. The van der Waals surface area contributed by atoms with Crippen LogP contribution in [0, 0.1) is 17.8 Å². The van der Waals surface area contributed by atoms with Gasteiger partial charge in [0.2, 0.25) is 5.43 Å². The van der Waals surface area contributed by atoms with E-state index in [4.69, 9.17) is 14.2 Å². The van der Waals surface area contributed by atoms with Gasteiger partial charge in [0.05, 0.1) is 16.7 Å². The quantitative estimate of drug-likeness (QED) is 0.219. The zero-order valence-corrected chi connectivity index (χ0v) is 20.1. The zero-order valence-electron chi connectivity index (χ0n) is 19.3. The predicted molar refractivity (Wildman–Crippen MR) is 136 cm³/mol. The maximum Gasteiger partial charge on any atom is 0.344 e. The van der Waals surface area contributed by atoms with Crippen molar-refractivity contribution in [3.63, 3.8) is 0 Å². The van der Waals surface area contributed by atoms with Crippen LogP contribution in [0.5, 0.6) is 5.75 Å². The fourth-order valence-electron chi connectivity index (χ4n) is 6.25. The van der Waals surface area contributed by atoms with Crippen molar-refractivity contribution in [1.29, 1.82) is 0 Å². The van der Waals surface area contributed by atoms with E-state index >= 15 is 0 Å². The van der Waals surface area contributed by atoms with E-state index in [2.05, 4.69) is 0 Å². The van der Waals surface area contributed by atoms with Crippen LogP contribution in [-0.4, -0.2) is 30.8 Å². The highest BCUT2D eigenvalue weighted by atomic mass is 32.2. The van der Waals surface area contributed by atoms with Gasteiger partial charge in [0.25, 0.3) is 0 Å². The molecule has 0 N–H and O–H groups in total. The van der Waals surface area contributed by atoms with Gasteiger partial charge in [-0.05, 0) is 49.2 Å². The lowest BCUT2D eigenvalue weighted by molar-refractivity contribution is -0.163. The molecule has 180 valence electrons. The lowest BCUT2D eigenvalue weighted by Gasteiger charge is -2.25. The van der Waals surface area contributed by atoms with Crippen LogP contribution in [0.4, 0.5) is 0 Å². The predicted octanol–water partition coefficient (Wildman–Crippen LogP) is 4.96. The average molecular weight is 500 g/mol. The number of esters is 2. The molecule has 0 amide bonds. The molecule has 6 nitrogen and oxygen atoms in total. The normalized spacial score (nSPS) is 25.9. The van der Waals surface area contributed by atoms with Gasteiger partial charge < -0.3 is 14.2 Å². The molecule has 5 atom stereocenters. The molecule has 4 aromatic rings. The van der Waals surface area contributed by atoms with Crippen LogP contribution in [0.25, 0.3) is 25.1 Å². The fraction of sp³-hybridized carbons (Fsp3) is 0.276. The summed E-state index contributed by atoms with van der Waals surface area (Å²) < 4.78 is 18.9. The molecule has 3 aliphatic rings. The minimum Gasteiger partial charge on any atom is -0.482 e. The Morgan fingerprint density at radius 1 is 0.889 bits per heavy atom. The Labute approximate surface area is 209 Å². The third kappa shape index (κ3) is 3.26. The van der Waals surface area contributed by atoms with Crippen molar-refractivity contribution in [3.05, 3.63) is 83.0 Å². The number of rotatable bonds is 5. The van der Waals surface area contributed by atoms with E-state index in [0.717, 1.165) is 37.9 Å². The summed E-state index contributed by atoms with van der Waals surface area (Å²) in [5, 5.41) is 1.48. The number of benzene rings is 3. The zero-order chi connectivity index (χ0) is 24.4. The van der Waals surface area contributed by atoms with Gasteiger partial charge in [0.15, 0.2) is 20.9 Å². The minimum atomic E-state index is -0.452. The van der Waals surface area contributed by atoms with Gasteiger partial charge in [-0.3, -0.25) is 9.59 Å². The second-order valence-electron chi connectivity index (χ2n) is 9.75. The van der Waals surface area contributed by atoms with Gasteiger partial charge in [-0.25, -0.2) is 4.79 Å². The molecule has 1 aliphatic heterocycles. The van der Waals surface area contributed by atoms with Gasteiger partial charge >= 0.3 is 11.9 Å². The van der Waals surface area contributed by atoms with Crippen molar-refractivity contribution in [2.24, 2.45) is 17.8 Å². The van der Waals surface area contributed by atoms with Crippen molar-refractivity contribution in [1.82, 2.24) is 0 Å². The highest BCUT2D eigenvalue weighted by Gasteiger charge is 2.63. The van der Waals surface area contributed by atoms with Crippen LogP contribution < -0.4 is 10.2 Å². The Bertz CT molecular complexity index is 1530. The molecule has 1 saturated heterocycles. The van der Waals surface area contributed by atoms with Crippen LogP contribution in [0.1, 0.15) is 12.8 Å². The topological polar surface area (TPSA) is 78.9 Å². The first-order chi connectivity index (χ1) is 17.6. The van der Waals surface area contributed by atoms with Crippen LogP contribution in [0.15, 0.2) is 77.6 Å². The van der Waals surface area contributed by atoms with Crippen molar-refractivity contribution in [2.45, 2.75) is 25.0 Å². The molecule has 1 aromatic heterocycles. The molecule has 3 fully saturated rings. The van der Waals surface area contributed by atoms with E-state index in [-0.39, 0.29) is 48.0 Å². The first-order valence-electron chi connectivity index (χ1n) is 12.2. The third-order valence-corrected chi connectivity index (χ3v) is 10.1. The summed E-state index contributed by atoms with van der Waals surface area (Å²) in [7, 11) is -0.418. The smallest absolute Gasteiger partial charge is 0.344 e. The first kappa shape index (κ1) is 21.6. The Morgan fingerprint density at radius 2 is 1.56 bits per heavy atom. The number of fused-ring (bicyclic) bond motifs is 3. The molecule has 2 heterocycles. The number of hydrogen-bond donors (Lipinski definition) is 0. The number of carbonyl (C=O) groups is 2. The van der Waals surface area contributed by atoms with Crippen LogP contribution in [0.3, 0.4) is 0 Å². The SMILES string of the molecule is O=C(COc1ccc(-[s+]2c3ccccc3c(=O)c3ccccc32)cc1)OC1C2CC3C(=O)OC1C3C2. The molecule has 0 radical (unpaired) electrons. The first-order valence-corrected chi connectivity index (χ1v) is 13.4. The third-order valence-electron chi connectivity index (χ3n) is 7.80. The van der Waals surface area contributed by atoms with Gasteiger partial charge in [0, 0.05) is 34.4 Å². The van der Waals surface area contributed by atoms with Crippen molar-refractivity contribution in [3.8, 4) is 10.6 Å². The standard InChI is InChI=1S/C29H23O6S/c30-25(34-27-16-13-21-22(14-16)29(32)35-28(21)27)15-33-17-9-11-18(12-10-17)36-23-7-3-1-5-19(23)26(31)20-6-2-4-8-24(20)36/h1-12,16,21-22,27-28H,13-15H2/q+1. The largest absolute Gasteiger partial charge is 0.482 e. The van der Waals surface area contributed by atoms with Gasteiger partial charge in [0.1, 0.15) is 18.0 Å². The minimum absolute atomic E-state index is 0.00774. The van der Waals surface area contributed by atoms with Gasteiger partial charge in [-0.15, -0.1) is 0 Å². The summed E-state index contributed by atoms with van der Waals surface area (Å²) in [4.78, 5) is 38.5. The van der Waals surface area contributed by atoms with E-state index in [1.54, 1.807) is 0 Å². The molecular weight excluding hydrogens is 476 g/mol. The van der Waals surface area contributed by atoms with Crippen molar-refractivity contribution < 1.29 is 23.8 Å². The molecular formula is C29H23O6S+. The Kier molecular flexibility index (Phi) is 4.89. The average Bonchev–Trinajstić information content (AvgIpc) is 3.54. The lowest BCUT2D eigenvalue weighted by Crippen LogP contribution is -2.37. The lowest BCUT2D eigenvalue weighted by atomic mass is 9.88. The second-order valence-corrected chi connectivity index (χ2v) is 11.7. The summed E-state index contributed by atoms with van der Waals surface area (Å²) in [5.41, 5.74) is 0.0572. The fourth-order valence-corrected chi connectivity index (χ4v) is 8.59. The van der Waals surface area contributed by atoms with Crippen LogP contribution in [0.2, 0.25) is 0 Å². The highest BCUT2D eigenvalue weighted by molar-refractivity contribution is 7.49. The van der Waals surface area contributed by atoms with E-state index < -0.39 is 16.4 Å². The Balaban J connectivity index is 1.10. The molecule has 36 heavy (non-hydrogen) atoms. The molecule has 2 aliphatic carbocycles. The second kappa shape index (κ2) is 8.17. The monoisotopic (exact) mass is 499 g/mol. The van der Waals surface area contributed by atoms with Crippen molar-refractivity contribution >= 4 is 42.6 Å². The molecule has 7 rings (SSSR count). The molecule has 7 heteroatoms. The van der Waals surface area contributed by atoms with Gasteiger partial charge in [-0.2, -0.15) is 0 Å². The number of carbonyl (C=O) groups excluding carboxylic acids is 2. The van der Waals surface area contributed by atoms with E-state index in [9.17, 15) is 14.4 Å². The summed E-state index contributed by atoms with van der Waals surface area (Å²) in [6.07, 6.45) is 0.992. The van der Waals surface area contributed by atoms with Crippen LogP contribution >= 0.6 is 10.5 Å². The molecule has 2 saturated carbocycles. The summed E-state index contributed by atoms with van der Waals surface area (Å²) in [5.74, 6) is 0.358.